The largest absolute Gasteiger partial charge is 0.369 e. The van der Waals surface area contributed by atoms with Crippen LogP contribution in [0.2, 0.25) is 0 Å². The molecule has 0 spiro atoms. The van der Waals surface area contributed by atoms with Crippen molar-refractivity contribution in [3.63, 3.8) is 0 Å². The first-order valence-corrected chi connectivity index (χ1v) is 6.41. The second kappa shape index (κ2) is 4.90. The predicted octanol–water partition coefficient (Wildman–Crippen LogP) is 2.76. The summed E-state index contributed by atoms with van der Waals surface area (Å²) < 4.78 is 0. The highest BCUT2D eigenvalue weighted by Gasteiger charge is 2.44. The maximum atomic E-state index is 4.47. The van der Waals surface area contributed by atoms with E-state index in [1.54, 1.807) is 12.4 Å². The van der Waals surface area contributed by atoms with Gasteiger partial charge in [0.15, 0.2) is 0 Å². The molecular weight excluding hydrogens is 212 g/mol. The van der Waals surface area contributed by atoms with E-state index in [4.69, 9.17) is 0 Å². The van der Waals surface area contributed by atoms with E-state index < -0.39 is 0 Å². The molecule has 0 amide bonds. The summed E-state index contributed by atoms with van der Waals surface area (Å²) >= 11 is 0. The molecule has 4 heteroatoms. The summed E-state index contributed by atoms with van der Waals surface area (Å²) in [7, 11) is 0. The van der Waals surface area contributed by atoms with Gasteiger partial charge in [-0.25, -0.2) is 4.98 Å². The molecule has 2 N–H and O–H groups in total. The molecule has 1 atom stereocenters. The van der Waals surface area contributed by atoms with Crippen LogP contribution in [0.1, 0.15) is 33.6 Å². The van der Waals surface area contributed by atoms with Crippen molar-refractivity contribution in [1.82, 2.24) is 9.97 Å². The third kappa shape index (κ3) is 3.32. The fourth-order valence-corrected chi connectivity index (χ4v) is 1.94. The lowest BCUT2D eigenvalue weighted by molar-refractivity contribution is 0.573. The van der Waals surface area contributed by atoms with Crippen molar-refractivity contribution in [3.05, 3.63) is 12.4 Å². The van der Waals surface area contributed by atoms with Crippen molar-refractivity contribution in [2.24, 2.45) is 11.3 Å². The van der Waals surface area contributed by atoms with Crippen molar-refractivity contribution >= 4 is 11.6 Å². The zero-order valence-electron chi connectivity index (χ0n) is 11.0. The highest BCUT2D eigenvalue weighted by molar-refractivity contribution is 5.41. The Morgan fingerprint density at radius 2 is 1.94 bits per heavy atom. The molecule has 0 aliphatic heterocycles. The number of rotatable bonds is 6. The molecular formula is C13H22N4. The van der Waals surface area contributed by atoms with Gasteiger partial charge in [0.25, 0.3) is 0 Å². The van der Waals surface area contributed by atoms with Gasteiger partial charge in [0, 0.05) is 13.1 Å². The number of hydrogen-bond donors (Lipinski definition) is 2. The molecule has 0 saturated heterocycles. The van der Waals surface area contributed by atoms with E-state index in [-0.39, 0.29) is 0 Å². The van der Waals surface area contributed by atoms with Crippen LogP contribution >= 0.6 is 0 Å². The minimum atomic E-state index is 0.512. The van der Waals surface area contributed by atoms with E-state index in [0.29, 0.717) is 5.41 Å². The molecule has 1 unspecified atom stereocenters. The van der Waals surface area contributed by atoms with Crippen LogP contribution in [0, 0.1) is 11.3 Å². The molecule has 0 aromatic carbocycles. The first-order chi connectivity index (χ1) is 8.12. The maximum absolute atomic E-state index is 4.47. The third-order valence-electron chi connectivity index (χ3n) is 3.44. The first-order valence-electron chi connectivity index (χ1n) is 6.41. The fourth-order valence-electron chi connectivity index (χ4n) is 1.94. The summed E-state index contributed by atoms with van der Waals surface area (Å²) in [5.74, 6) is 2.50. The van der Waals surface area contributed by atoms with Gasteiger partial charge >= 0.3 is 0 Å². The van der Waals surface area contributed by atoms with Crippen molar-refractivity contribution in [1.29, 1.82) is 0 Å². The first kappa shape index (κ1) is 12.1. The Morgan fingerprint density at radius 1 is 1.29 bits per heavy atom. The Kier molecular flexibility index (Phi) is 3.50. The highest BCUT2D eigenvalue weighted by atomic mass is 15.1. The number of nitrogens with one attached hydrogen (secondary N) is 2. The molecule has 2 rings (SSSR count). The highest BCUT2D eigenvalue weighted by Crippen LogP contribution is 2.51. The SMILES string of the molecule is CCCNc1cncc(NCC2CC2(C)C)n1. The number of hydrogen-bond acceptors (Lipinski definition) is 4. The molecule has 1 aromatic rings. The van der Waals surface area contributed by atoms with Crippen molar-refractivity contribution in [2.75, 3.05) is 23.7 Å². The minimum absolute atomic E-state index is 0.512. The van der Waals surface area contributed by atoms with Gasteiger partial charge in [-0.05, 0) is 24.2 Å². The summed E-state index contributed by atoms with van der Waals surface area (Å²) in [5.41, 5.74) is 0.512. The van der Waals surface area contributed by atoms with Gasteiger partial charge in [0.2, 0.25) is 0 Å². The normalized spacial score (nSPS) is 21.0. The Hall–Kier alpha value is -1.32. The van der Waals surface area contributed by atoms with Gasteiger partial charge in [-0.1, -0.05) is 20.8 Å². The Labute approximate surface area is 103 Å². The van der Waals surface area contributed by atoms with Crippen LogP contribution in [-0.2, 0) is 0 Å². The van der Waals surface area contributed by atoms with E-state index in [9.17, 15) is 0 Å². The van der Waals surface area contributed by atoms with Crippen LogP contribution in [0.4, 0.5) is 11.6 Å². The van der Waals surface area contributed by atoms with Gasteiger partial charge in [-0.3, -0.25) is 4.98 Å². The second-order valence-electron chi connectivity index (χ2n) is 5.49. The molecule has 1 saturated carbocycles. The van der Waals surface area contributed by atoms with Gasteiger partial charge in [-0.2, -0.15) is 0 Å². The quantitative estimate of drug-likeness (QED) is 0.794. The van der Waals surface area contributed by atoms with Crippen molar-refractivity contribution < 1.29 is 0 Å². The van der Waals surface area contributed by atoms with Crippen molar-refractivity contribution in [3.8, 4) is 0 Å². The minimum Gasteiger partial charge on any atom is -0.369 e. The zero-order chi connectivity index (χ0) is 12.3. The Balaban J connectivity index is 1.84. The van der Waals surface area contributed by atoms with Crippen LogP contribution in [0.25, 0.3) is 0 Å². The van der Waals surface area contributed by atoms with E-state index in [1.807, 2.05) is 0 Å². The number of anilines is 2. The lowest BCUT2D eigenvalue weighted by Crippen LogP contribution is -2.10. The Bertz CT molecular complexity index is 375. The lowest BCUT2D eigenvalue weighted by Gasteiger charge is -2.08. The molecule has 1 aromatic heterocycles. The molecule has 0 bridgehead atoms. The fraction of sp³-hybridized carbons (Fsp3) is 0.692. The van der Waals surface area contributed by atoms with Crippen LogP contribution in [0.15, 0.2) is 12.4 Å². The van der Waals surface area contributed by atoms with E-state index in [1.165, 1.54) is 6.42 Å². The van der Waals surface area contributed by atoms with E-state index in [2.05, 4.69) is 41.4 Å². The van der Waals surface area contributed by atoms with E-state index >= 15 is 0 Å². The summed E-state index contributed by atoms with van der Waals surface area (Å²) in [5, 5.41) is 6.61. The summed E-state index contributed by atoms with van der Waals surface area (Å²) in [6.45, 7) is 8.69. The Morgan fingerprint density at radius 3 is 2.53 bits per heavy atom. The van der Waals surface area contributed by atoms with Gasteiger partial charge in [0.05, 0.1) is 12.4 Å². The second-order valence-corrected chi connectivity index (χ2v) is 5.49. The van der Waals surface area contributed by atoms with Gasteiger partial charge in [0.1, 0.15) is 11.6 Å². The molecule has 1 aliphatic rings. The maximum Gasteiger partial charge on any atom is 0.146 e. The van der Waals surface area contributed by atoms with Gasteiger partial charge < -0.3 is 10.6 Å². The predicted molar refractivity (Wildman–Crippen MR) is 71.2 cm³/mol. The number of aromatic nitrogens is 2. The summed E-state index contributed by atoms with van der Waals surface area (Å²) in [4.78, 5) is 8.66. The van der Waals surface area contributed by atoms with Crippen LogP contribution in [0.3, 0.4) is 0 Å². The molecule has 17 heavy (non-hydrogen) atoms. The van der Waals surface area contributed by atoms with Crippen LogP contribution in [-0.4, -0.2) is 23.1 Å². The third-order valence-corrected chi connectivity index (χ3v) is 3.44. The number of nitrogens with zero attached hydrogens (tertiary/aromatic N) is 2. The molecule has 4 nitrogen and oxygen atoms in total. The molecule has 0 radical (unpaired) electrons. The topological polar surface area (TPSA) is 49.8 Å². The smallest absolute Gasteiger partial charge is 0.146 e. The van der Waals surface area contributed by atoms with E-state index in [0.717, 1.165) is 37.1 Å². The molecule has 1 aliphatic carbocycles. The van der Waals surface area contributed by atoms with Crippen LogP contribution < -0.4 is 10.6 Å². The zero-order valence-corrected chi connectivity index (χ0v) is 11.0. The molecule has 1 fully saturated rings. The monoisotopic (exact) mass is 234 g/mol. The molecule has 94 valence electrons. The average Bonchev–Trinajstić information content (AvgIpc) is 2.92. The van der Waals surface area contributed by atoms with Gasteiger partial charge in [-0.15, -0.1) is 0 Å². The standard InChI is InChI=1S/C13H22N4/c1-4-5-15-11-8-14-9-12(17-11)16-7-10-6-13(10,2)3/h8-10H,4-7H2,1-3H3,(H2,15,16,17). The van der Waals surface area contributed by atoms with Crippen LogP contribution in [0.5, 0.6) is 0 Å². The lowest BCUT2D eigenvalue weighted by atomic mass is 10.1. The molecule has 1 heterocycles. The average molecular weight is 234 g/mol. The van der Waals surface area contributed by atoms with Crippen molar-refractivity contribution in [2.45, 2.75) is 33.6 Å². The summed E-state index contributed by atoms with van der Waals surface area (Å²) in [6, 6.07) is 0. The summed E-state index contributed by atoms with van der Waals surface area (Å²) in [6.07, 6.45) is 5.95.